The largest absolute Gasteiger partial charge is 0.495 e. The van der Waals surface area contributed by atoms with Crippen molar-refractivity contribution in [2.24, 2.45) is 5.92 Å². The van der Waals surface area contributed by atoms with Crippen molar-refractivity contribution in [2.75, 3.05) is 38.6 Å². The molecule has 0 radical (unpaired) electrons. The smallest absolute Gasteiger partial charge is 0.321 e. The number of nitrogens with zero attached hydrogens (tertiary/aromatic N) is 3. The Labute approximate surface area is 232 Å². The van der Waals surface area contributed by atoms with E-state index in [1.165, 1.54) is 5.56 Å². The van der Waals surface area contributed by atoms with Gasteiger partial charge in [-0.2, -0.15) is 0 Å². The molecule has 3 aliphatic heterocycles. The predicted octanol–water partition coefficient (Wildman–Crippen LogP) is 4.53. The van der Waals surface area contributed by atoms with Crippen LogP contribution in [-0.4, -0.2) is 77.7 Å². The van der Waals surface area contributed by atoms with Crippen LogP contribution in [0.25, 0.3) is 0 Å². The van der Waals surface area contributed by atoms with Crippen molar-refractivity contribution in [3.8, 4) is 5.75 Å². The van der Waals surface area contributed by atoms with E-state index in [9.17, 15) is 9.59 Å². The van der Waals surface area contributed by atoms with Crippen LogP contribution in [0.2, 0.25) is 0 Å². The third kappa shape index (κ3) is 5.77. The molecule has 1 spiro atoms. The molecule has 210 valence electrons. The number of methoxy groups -OCH3 is 1. The first-order chi connectivity index (χ1) is 18.9. The lowest BCUT2D eigenvalue weighted by Gasteiger charge is -2.49. The van der Waals surface area contributed by atoms with Gasteiger partial charge in [-0.15, -0.1) is 0 Å². The number of likely N-dealkylation sites (tertiary alicyclic amines) is 2. The van der Waals surface area contributed by atoms with Gasteiger partial charge in [-0.25, -0.2) is 4.79 Å². The fourth-order valence-electron chi connectivity index (χ4n) is 6.52. The fraction of sp³-hybridized carbons (Fsp3) is 0.548. The molecule has 5 rings (SSSR count). The van der Waals surface area contributed by atoms with E-state index in [0.717, 1.165) is 51.7 Å². The van der Waals surface area contributed by atoms with Crippen LogP contribution in [0.15, 0.2) is 54.6 Å². The Morgan fingerprint density at radius 3 is 2.38 bits per heavy atom. The number of carbonyl (C=O) groups excluding carboxylic acids is 2. The fourth-order valence-corrected chi connectivity index (χ4v) is 6.52. The third-order valence-corrected chi connectivity index (χ3v) is 9.00. The molecule has 3 heterocycles. The molecule has 8 heteroatoms. The second-order valence-corrected chi connectivity index (χ2v) is 11.4. The lowest BCUT2D eigenvalue weighted by atomic mass is 9.92. The van der Waals surface area contributed by atoms with Gasteiger partial charge in [0.25, 0.3) is 0 Å². The minimum absolute atomic E-state index is 0.127. The van der Waals surface area contributed by atoms with Crippen molar-refractivity contribution in [1.82, 2.24) is 20.0 Å². The molecule has 8 nitrogen and oxygen atoms in total. The van der Waals surface area contributed by atoms with E-state index in [2.05, 4.69) is 64.6 Å². The van der Waals surface area contributed by atoms with Crippen molar-refractivity contribution in [3.05, 3.63) is 60.2 Å². The molecule has 0 unspecified atom stereocenters. The Morgan fingerprint density at radius 2 is 1.72 bits per heavy atom. The van der Waals surface area contributed by atoms with E-state index in [4.69, 9.17) is 4.74 Å². The molecular formula is C31H43N5O3. The number of benzene rings is 2. The Balaban J connectivity index is 1.26. The van der Waals surface area contributed by atoms with Gasteiger partial charge in [0.2, 0.25) is 5.91 Å². The summed E-state index contributed by atoms with van der Waals surface area (Å²) in [5.41, 5.74) is 1.61. The minimum Gasteiger partial charge on any atom is -0.495 e. The molecule has 3 aliphatic rings. The summed E-state index contributed by atoms with van der Waals surface area (Å²) in [4.78, 5) is 33.7. The maximum absolute atomic E-state index is 13.9. The molecular weight excluding hydrogens is 490 g/mol. The zero-order chi connectivity index (χ0) is 27.4. The lowest BCUT2D eigenvalue weighted by molar-refractivity contribution is -0.138. The van der Waals surface area contributed by atoms with Gasteiger partial charge in [0.15, 0.2) is 0 Å². The predicted molar refractivity (Wildman–Crippen MR) is 154 cm³/mol. The maximum Gasteiger partial charge on any atom is 0.321 e. The highest BCUT2D eigenvalue weighted by molar-refractivity contribution is 5.91. The standard InChI is InChI=1S/C31H43N5O3/c1-4-23(2)28-29(37)36(25-14-18-34(19-15-25)22-24-10-6-5-7-11-24)31(33-28)16-20-35(21-17-31)30(38)32-26-12-8-9-13-27(26)39-3/h5-13,23,25,28,33H,4,14-22H2,1-3H3,(H,32,38)/t23-,28+/m1/s1. The summed E-state index contributed by atoms with van der Waals surface area (Å²) in [7, 11) is 1.60. The average Bonchev–Trinajstić information content (AvgIpc) is 3.25. The van der Waals surface area contributed by atoms with Gasteiger partial charge in [0, 0.05) is 51.6 Å². The molecule has 0 aromatic heterocycles. The van der Waals surface area contributed by atoms with Crippen LogP contribution in [0.3, 0.4) is 0 Å². The topological polar surface area (TPSA) is 77.2 Å². The van der Waals surface area contributed by atoms with Crippen LogP contribution in [0.4, 0.5) is 10.5 Å². The van der Waals surface area contributed by atoms with E-state index < -0.39 is 5.66 Å². The Bertz CT molecular complexity index is 1130. The molecule has 2 aromatic carbocycles. The summed E-state index contributed by atoms with van der Waals surface area (Å²) < 4.78 is 5.40. The summed E-state index contributed by atoms with van der Waals surface area (Å²) in [5.74, 6) is 1.16. The normalized spacial score (nSPS) is 22.7. The monoisotopic (exact) mass is 533 g/mol. The summed E-state index contributed by atoms with van der Waals surface area (Å²) in [6.07, 6.45) is 4.38. The number of carbonyl (C=O) groups is 2. The van der Waals surface area contributed by atoms with E-state index >= 15 is 0 Å². The molecule has 3 amide bonds. The molecule has 39 heavy (non-hydrogen) atoms. The number of piperidine rings is 2. The zero-order valence-electron chi connectivity index (χ0n) is 23.6. The number of ether oxygens (including phenoxy) is 1. The quantitative estimate of drug-likeness (QED) is 0.547. The van der Waals surface area contributed by atoms with Gasteiger partial charge in [-0.3, -0.25) is 15.0 Å². The maximum atomic E-state index is 13.9. The number of nitrogens with one attached hydrogen (secondary N) is 2. The second-order valence-electron chi connectivity index (χ2n) is 11.4. The number of anilines is 1. The van der Waals surface area contributed by atoms with Crippen molar-refractivity contribution in [2.45, 2.75) is 70.2 Å². The first-order valence-corrected chi connectivity index (χ1v) is 14.5. The molecule has 3 saturated heterocycles. The number of rotatable bonds is 7. The molecule has 2 atom stereocenters. The number of hydrogen-bond acceptors (Lipinski definition) is 5. The van der Waals surface area contributed by atoms with E-state index in [0.29, 0.717) is 24.5 Å². The van der Waals surface area contributed by atoms with Crippen LogP contribution < -0.4 is 15.4 Å². The molecule has 0 saturated carbocycles. The van der Waals surface area contributed by atoms with Crippen molar-refractivity contribution in [1.29, 1.82) is 0 Å². The number of urea groups is 1. The highest BCUT2D eigenvalue weighted by atomic mass is 16.5. The third-order valence-electron chi connectivity index (χ3n) is 9.00. The van der Waals surface area contributed by atoms with Crippen LogP contribution >= 0.6 is 0 Å². The Morgan fingerprint density at radius 1 is 1.05 bits per heavy atom. The van der Waals surface area contributed by atoms with E-state index in [1.54, 1.807) is 7.11 Å². The van der Waals surface area contributed by atoms with Crippen LogP contribution in [-0.2, 0) is 11.3 Å². The zero-order valence-corrected chi connectivity index (χ0v) is 23.6. The van der Waals surface area contributed by atoms with Gasteiger partial charge in [0.1, 0.15) is 5.75 Å². The van der Waals surface area contributed by atoms with Gasteiger partial charge >= 0.3 is 6.03 Å². The summed E-state index contributed by atoms with van der Waals surface area (Å²) >= 11 is 0. The highest BCUT2D eigenvalue weighted by Crippen LogP contribution is 2.39. The first kappa shape index (κ1) is 27.5. The van der Waals surface area contributed by atoms with Crippen LogP contribution in [0.5, 0.6) is 5.75 Å². The Kier molecular flexibility index (Phi) is 8.43. The Hall–Kier alpha value is -3.10. The number of para-hydroxylation sites is 2. The number of amides is 3. The van der Waals surface area contributed by atoms with E-state index in [-0.39, 0.29) is 29.9 Å². The van der Waals surface area contributed by atoms with E-state index in [1.807, 2.05) is 29.2 Å². The summed E-state index contributed by atoms with van der Waals surface area (Å²) in [6.45, 7) is 8.45. The van der Waals surface area contributed by atoms with Gasteiger partial charge in [-0.05, 0) is 36.5 Å². The molecule has 2 N–H and O–H groups in total. The van der Waals surface area contributed by atoms with Gasteiger partial charge < -0.3 is 19.9 Å². The summed E-state index contributed by atoms with van der Waals surface area (Å²) in [5, 5.41) is 6.83. The molecule has 3 fully saturated rings. The number of hydrogen-bond donors (Lipinski definition) is 2. The van der Waals surface area contributed by atoms with Crippen molar-refractivity contribution in [3.63, 3.8) is 0 Å². The molecule has 0 aliphatic carbocycles. The minimum atomic E-state index is -0.390. The molecule has 2 aromatic rings. The van der Waals surface area contributed by atoms with Crippen LogP contribution in [0.1, 0.15) is 51.5 Å². The highest BCUT2D eigenvalue weighted by Gasteiger charge is 2.55. The summed E-state index contributed by atoms with van der Waals surface area (Å²) in [6, 6.07) is 18.0. The van der Waals surface area contributed by atoms with Crippen molar-refractivity contribution < 1.29 is 14.3 Å². The van der Waals surface area contributed by atoms with Gasteiger partial charge in [0.05, 0.1) is 24.5 Å². The average molecular weight is 534 g/mol. The first-order valence-electron chi connectivity index (χ1n) is 14.5. The SMILES string of the molecule is CC[C@@H](C)[C@@H]1NC2(CCN(C(=O)Nc3ccccc3OC)CC2)N(C2CCN(Cc3ccccc3)CC2)C1=O. The van der Waals surface area contributed by atoms with Crippen molar-refractivity contribution >= 4 is 17.6 Å². The second kappa shape index (κ2) is 12.0. The van der Waals surface area contributed by atoms with Gasteiger partial charge in [-0.1, -0.05) is 62.7 Å². The van der Waals surface area contributed by atoms with Crippen LogP contribution in [0, 0.1) is 5.92 Å². The molecule has 0 bridgehead atoms. The lowest BCUT2D eigenvalue weighted by Crippen LogP contribution is -2.63.